The lowest BCUT2D eigenvalue weighted by Gasteiger charge is -2.06. The topological polar surface area (TPSA) is 72.7 Å². The van der Waals surface area contributed by atoms with Crippen LogP contribution in [0.15, 0.2) is 41.1 Å². The van der Waals surface area contributed by atoms with Gasteiger partial charge in [0.25, 0.3) is 5.91 Å². The van der Waals surface area contributed by atoms with E-state index in [0.29, 0.717) is 22.8 Å². The first-order valence-corrected chi connectivity index (χ1v) is 9.09. The van der Waals surface area contributed by atoms with Crippen molar-refractivity contribution in [1.29, 1.82) is 0 Å². The predicted molar refractivity (Wildman–Crippen MR) is 92.1 cm³/mol. The van der Waals surface area contributed by atoms with Gasteiger partial charge in [0.15, 0.2) is 15.9 Å². The maximum Gasteiger partial charge on any atom is 0.434 e. The number of aryl methyl sites for hydroxylation is 1. The van der Waals surface area contributed by atoms with Crippen LogP contribution in [-0.4, -0.2) is 25.7 Å². The van der Waals surface area contributed by atoms with Gasteiger partial charge >= 0.3 is 6.18 Å². The number of carbonyl (C=O) groups excluding carboxylic acids is 1. The third-order valence-electron chi connectivity index (χ3n) is 3.21. The van der Waals surface area contributed by atoms with Gasteiger partial charge in [-0.25, -0.2) is 4.98 Å². The Bertz CT molecular complexity index is 922. The Kier molecular flexibility index (Phi) is 5.28. The molecule has 0 fully saturated rings. The van der Waals surface area contributed by atoms with E-state index in [1.54, 1.807) is 29.1 Å². The number of halogens is 3. The fourth-order valence-electron chi connectivity index (χ4n) is 1.98. The normalized spacial score (nSPS) is 11.5. The summed E-state index contributed by atoms with van der Waals surface area (Å²) in [7, 11) is 1.84. The molecule has 0 saturated heterocycles. The number of aromatic nitrogens is 4. The molecule has 3 rings (SSSR count). The van der Waals surface area contributed by atoms with Gasteiger partial charge in [-0.2, -0.15) is 13.2 Å². The second kappa shape index (κ2) is 7.46. The van der Waals surface area contributed by atoms with Crippen LogP contribution in [0.1, 0.15) is 21.1 Å². The molecule has 1 amide bonds. The summed E-state index contributed by atoms with van der Waals surface area (Å²) < 4.78 is 39.5. The Hall–Kier alpha value is -2.40. The largest absolute Gasteiger partial charge is 0.434 e. The van der Waals surface area contributed by atoms with Gasteiger partial charge in [0, 0.05) is 23.9 Å². The third-order valence-corrected chi connectivity index (χ3v) is 5.16. The van der Waals surface area contributed by atoms with Gasteiger partial charge in [-0.1, -0.05) is 23.9 Å². The lowest BCUT2D eigenvalue weighted by Crippen LogP contribution is -2.13. The van der Waals surface area contributed by atoms with Gasteiger partial charge in [0.1, 0.15) is 6.33 Å². The number of thioether (sulfide) groups is 1. The van der Waals surface area contributed by atoms with E-state index in [2.05, 4.69) is 20.5 Å². The van der Waals surface area contributed by atoms with Gasteiger partial charge in [0.05, 0.1) is 0 Å². The second-order valence-corrected chi connectivity index (χ2v) is 7.00. The van der Waals surface area contributed by atoms with Crippen LogP contribution >= 0.6 is 23.1 Å². The molecule has 0 unspecified atom stereocenters. The van der Waals surface area contributed by atoms with Gasteiger partial charge < -0.3 is 9.88 Å². The molecule has 3 aromatic rings. The molecule has 2 aromatic heterocycles. The first-order valence-electron chi connectivity index (χ1n) is 7.23. The molecular weight excluding hydrogens is 387 g/mol. The Morgan fingerprint density at radius 1 is 1.38 bits per heavy atom. The Morgan fingerprint density at radius 3 is 2.85 bits per heavy atom. The van der Waals surface area contributed by atoms with E-state index < -0.39 is 17.8 Å². The van der Waals surface area contributed by atoms with Crippen molar-refractivity contribution in [2.24, 2.45) is 7.05 Å². The standard InChI is InChI=1S/C15H12F3N5OS2/c1-23-8-19-22-14(23)26-6-9-3-2-4-10(5-9)20-12(24)13-21-11(7-25-13)15(16,17)18/h2-5,7-8H,6H2,1H3,(H,20,24). The molecule has 136 valence electrons. The molecule has 0 aliphatic rings. The molecule has 0 atom stereocenters. The van der Waals surface area contributed by atoms with Crippen LogP contribution in [0.5, 0.6) is 0 Å². The highest BCUT2D eigenvalue weighted by molar-refractivity contribution is 7.98. The fraction of sp³-hybridized carbons (Fsp3) is 0.200. The van der Waals surface area contributed by atoms with E-state index in [1.165, 1.54) is 11.8 Å². The number of amides is 1. The number of benzene rings is 1. The molecule has 26 heavy (non-hydrogen) atoms. The number of hydrogen-bond donors (Lipinski definition) is 1. The van der Waals surface area contributed by atoms with Crippen molar-refractivity contribution < 1.29 is 18.0 Å². The van der Waals surface area contributed by atoms with Crippen LogP contribution in [0.4, 0.5) is 18.9 Å². The zero-order valence-electron chi connectivity index (χ0n) is 13.3. The Balaban J connectivity index is 1.65. The van der Waals surface area contributed by atoms with E-state index in [0.717, 1.165) is 16.1 Å². The van der Waals surface area contributed by atoms with E-state index in [4.69, 9.17) is 0 Å². The third kappa shape index (κ3) is 4.41. The summed E-state index contributed by atoms with van der Waals surface area (Å²) >= 11 is 2.13. The minimum atomic E-state index is -4.56. The van der Waals surface area contributed by atoms with Gasteiger partial charge in [-0.3, -0.25) is 4.79 Å². The lowest BCUT2D eigenvalue weighted by atomic mass is 10.2. The molecule has 0 aliphatic carbocycles. The van der Waals surface area contributed by atoms with Crippen molar-refractivity contribution in [1.82, 2.24) is 19.7 Å². The summed E-state index contributed by atoms with van der Waals surface area (Å²) in [6.45, 7) is 0. The zero-order chi connectivity index (χ0) is 18.7. The molecule has 0 radical (unpaired) electrons. The number of nitrogens with one attached hydrogen (secondary N) is 1. The van der Waals surface area contributed by atoms with Crippen molar-refractivity contribution in [2.75, 3.05) is 5.32 Å². The summed E-state index contributed by atoms with van der Waals surface area (Å²) in [5.74, 6) is -0.0743. The minimum absolute atomic E-state index is 0.240. The summed E-state index contributed by atoms with van der Waals surface area (Å²) in [6, 6.07) is 7.04. The average Bonchev–Trinajstić information content (AvgIpc) is 3.22. The maximum absolute atomic E-state index is 12.6. The highest BCUT2D eigenvalue weighted by atomic mass is 32.2. The minimum Gasteiger partial charge on any atom is -0.320 e. The number of nitrogens with zero attached hydrogens (tertiary/aromatic N) is 4. The SMILES string of the molecule is Cn1cnnc1SCc1cccc(NC(=O)c2nc(C(F)(F)F)cs2)c1. The van der Waals surface area contributed by atoms with Crippen LogP contribution in [0.2, 0.25) is 0 Å². The van der Waals surface area contributed by atoms with Crippen LogP contribution in [-0.2, 0) is 19.0 Å². The monoisotopic (exact) mass is 399 g/mol. The van der Waals surface area contributed by atoms with Crippen LogP contribution in [0, 0.1) is 0 Å². The molecule has 1 aromatic carbocycles. The van der Waals surface area contributed by atoms with Crippen LogP contribution in [0.25, 0.3) is 0 Å². The first kappa shape index (κ1) is 18.4. The van der Waals surface area contributed by atoms with E-state index in [1.807, 2.05) is 13.1 Å². The molecule has 11 heteroatoms. The van der Waals surface area contributed by atoms with Crippen LogP contribution in [0.3, 0.4) is 0 Å². The van der Waals surface area contributed by atoms with Crippen molar-refractivity contribution in [3.63, 3.8) is 0 Å². The van der Waals surface area contributed by atoms with E-state index >= 15 is 0 Å². The zero-order valence-corrected chi connectivity index (χ0v) is 15.0. The van der Waals surface area contributed by atoms with Crippen molar-refractivity contribution >= 4 is 34.7 Å². The van der Waals surface area contributed by atoms with Crippen LogP contribution < -0.4 is 5.32 Å². The van der Waals surface area contributed by atoms with Gasteiger partial charge in [-0.15, -0.1) is 21.5 Å². The Labute approximate surface area is 154 Å². The van der Waals surface area contributed by atoms with Crippen molar-refractivity contribution in [3.8, 4) is 0 Å². The smallest absolute Gasteiger partial charge is 0.320 e. The van der Waals surface area contributed by atoms with E-state index in [-0.39, 0.29) is 5.01 Å². The highest BCUT2D eigenvalue weighted by Gasteiger charge is 2.34. The molecule has 0 aliphatic heterocycles. The number of hydrogen-bond acceptors (Lipinski definition) is 6. The molecule has 6 nitrogen and oxygen atoms in total. The molecule has 0 saturated carbocycles. The number of rotatable bonds is 5. The number of anilines is 1. The second-order valence-electron chi connectivity index (χ2n) is 5.20. The fourth-order valence-corrected chi connectivity index (χ4v) is 3.53. The van der Waals surface area contributed by atoms with E-state index in [9.17, 15) is 18.0 Å². The van der Waals surface area contributed by atoms with Crippen molar-refractivity contribution in [2.45, 2.75) is 17.1 Å². The summed E-state index contributed by atoms with van der Waals surface area (Å²) in [6.07, 6.45) is -2.96. The average molecular weight is 399 g/mol. The number of thiazole rings is 1. The van der Waals surface area contributed by atoms with Crippen molar-refractivity contribution in [3.05, 3.63) is 52.2 Å². The summed E-state index contributed by atoms with van der Waals surface area (Å²) in [4.78, 5) is 15.4. The van der Waals surface area contributed by atoms with Gasteiger partial charge in [0.2, 0.25) is 0 Å². The summed E-state index contributed by atoms with van der Waals surface area (Å²) in [5, 5.41) is 11.7. The maximum atomic E-state index is 12.6. The lowest BCUT2D eigenvalue weighted by molar-refractivity contribution is -0.140. The molecule has 0 bridgehead atoms. The molecule has 1 N–H and O–H groups in total. The first-order chi connectivity index (χ1) is 12.3. The molecule has 0 spiro atoms. The summed E-state index contributed by atoms with van der Waals surface area (Å²) in [5.41, 5.74) is 0.335. The molecular formula is C15H12F3N5OS2. The number of carbonyl (C=O) groups is 1. The number of alkyl halides is 3. The predicted octanol–water partition coefficient (Wildman–Crippen LogP) is 3.84. The quantitative estimate of drug-likeness (QED) is 0.660. The van der Waals surface area contributed by atoms with Gasteiger partial charge in [-0.05, 0) is 17.7 Å². The Morgan fingerprint density at radius 2 is 2.19 bits per heavy atom. The molecule has 2 heterocycles. The highest BCUT2D eigenvalue weighted by Crippen LogP contribution is 2.30.